The Hall–Kier alpha value is -1.72. The van der Waals surface area contributed by atoms with Crippen molar-refractivity contribution in [2.24, 2.45) is 0 Å². The molecule has 0 spiro atoms. The molecule has 1 fully saturated rings. The van der Waals surface area contributed by atoms with Crippen molar-refractivity contribution < 1.29 is 4.79 Å². The summed E-state index contributed by atoms with van der Waals surface area (Å²) in [5.74, 6) is 0.162. The number of anilines is 1. The van der Waals surface area contributed by atoms with Crippen LogP contribution in [0.3, 0.4) is 0 Å². The zero-order valence-corrected chi connectivity index (χ0v) is 14.7. The number of piperidine rings is 1. The van der Waals surface area contributed by atoms with Crippen molar-refractivity contribution in [1.29, 1.82) is 0 Å². The number of rotatable bonds is 4. The van der Waals surface area contributed by atoms with Gasteiger partial charge < -0.3 is 4.90 Å². The van der Waals surface area contributed by atoms with Gasteiger partial charge in [0.15, 0.2) is 0 Å². The summed E-state index contributed by atoms with van der Waals surface area (Å²) in [6.07, 6.45) is 5.31. The van der Waals surface area contributed by atoms with Gasteiger partial charge in [0.25, 0.3) is 0 Å². The van der Waals surface area contributed by atoms with E-state index >= 15 is 0 Å². The lowest BCUT2D eigenvalue weighted by Gasteiger charge is -2.25. The number of amides is 1. The van der Waals surface area contributed by atoms with Crippen molar-refractivity contribution in [3.8, 4) is 0 Å². The predicted octanol–water partition coefficient (Wildman–Crippen LogP) is 3.26. The van der Waals surface area contributed by atoms with Gasteiger partial charge in [0.2, 0.25) is 5.91 Å². The molecule has 1 saturated heterocycles. The molecule has 0 aliphatic carbocycles. The summed E-state index contributed by atoms with van der Waals surface area (Å²) in [7, 11) is 0. The summed E-state index contributed by atoms with van der Waals surface area (Å²) >= 11 is 1.69. The van der Waals surface area contributed by atoms with E-state index in [9.17, 15) is 4.79 Å². The van der Waals surface area contributed by atoms with E-state index in [1.165, 1.54) is 37.9 Å². The van der Waals surface area contributed by atoms with Gasteiger partial charge in [-0.3, -0.25) is 9.69 Å². The Morgan fingerprint density at radius 2 is 1.96 bits per heavy atom. The Kier molecular flexibility index (Phi) is 4.63. The first-order valence-electron chi connectivity index (χ1n) is 8.83. The molecule has 3 heterocycles. The molecule has 4 nitrogen and oxygen atoms in total. The van der Waals surface area contributed by atoms with E-state index < -0.39 is 0 Å². The van der Waals surface area contributed by atoms with Gasteiger partial charge in [-0.2, -0.15) is 0 Å². The van der Waals surface area contributed by atoms with E-state index in [0.29, 0.717) is 6.42 Å². The van der Waals surface area contributed by atoms with Gasteiger partial charge in [-0.15, -0.1) is 11.3 Å². The lowest BCUT2D eigenvalue weighted by molar-refractivity contribution is -0.117. The first-order valence-corrected chi connectivity index (χ1v) is 9.71. The fourth-order valence-electron chi connectivity index (χ4n) is 3.66. The molecular formula is C19H23N3OS. The first kappa shape index (κ1) is 15.8. The van der Waals surface area contributed by atoms with Crippen molar-refractivity contribution >= 4 is 22.9 Å². The highest BCUT2D eigenvalue weighted by molar-refractivity contribution is 7.09. The predicted molar refractivity (Wildman–Crippen MR) is 97.4 cm³/mol. The number of aromatic nitrogens is 1. The van der Waals surface area contributed by atoms with Gasteiger partial charge in [-0.1, -0.05) is 24.6 Å². The number of hydrogen-bond acceptors (Lipinski definition) is 4. The van der Waals surface area contributed by atoms with Gasteiger partial charge >= 0.3 is 0 Å². The van der Waals surface area contributed by atoms with Crippen molar-refractivity contribution in [1.82, 2.24) is 9.88 Å². The molecular weight excluding hydrogens is 318 g/mol. The standard InChI is InChI=1S/C19H23N3OS/c23-19(22-11-8-15-6-2-3-7-17(15)22)12-16-14-24-18(20-16)13-21-9-4-1-5-10-21/h2-3,6-7,14H,1,4-5,8-13H2. The van der Waals surface area contributed by atoms with Crippen LogP contribution in [0.1, 0.15) is 35.5 Å². The number of carbonyl (C=O) groups excluding carboxylic acids is 1. The average Bonchev–Trinajstić information content (AvgIpc) is 3.22. The van der Waals surface area contributed by atoms with Gasteiger partial charge in [0.1, 0.15) is 5.01 Å². The van der Waals surface area contributed by atoms with Crippen LogP contribution in [0.15, 0.2) is 29.6 Å². The molecule has 0 saturated carbocycles. The maximum atomic E-state index is 12.7. The minimum absolute atomic E-state index is 0.162. The highest BCUT2D eigenvalue weighted by Crippen LogP contribution is 2.28. The fraction of sp³-hybridized carbons (Fsp3) is 0.474. The average molecular weight is 341 g/mol. The number of thiazole rings is 1. The van der Waals surface area contributed by atoms with Crippen molar-refractivity contribution in [3.05, 3.63) is 45.9 Å². The Balaban J connectivity index is 1.38. The molecule has 2 aliphatic heterocycles. The van der Waals surface area contributed by atoms with Crippen LogP contribution in [0, 0.1) is 0 Å². The molecule has 24 heavy (non-hydrogen) atoms. The van der Waals surface area contributed by atoms with Crippen LogP contribution in [0.5, 0.6) is 0 Å². The molecule has 126 valence electrons. The Morgan fingerprint density at radius 3 is 2.83 bits per heavy atom. The van der Waals surface area contributed by atoms with Gasteiger partial charge in [-0.25, -0.2) is 4.98 Å². The second-order valence-electron chi connectivity index (χ2n) is 6.67. The van der Waals surface area contributed by atoms with Crippen LogP contribution >= 0.6 is 11.3 Å². The normalized spacial score (nSPS) is 17.9. The van der Waals surface area contributed by atoms with Gasteiger partial charge in [0.05, 0.1) is 18.7 Å². The number of para-hydroxylation sites is 1. The summed E-state index contributed by atoms with van der Waals surface area (Å²) < 4.78 is 0. The van der Waals surface area contributed by atoms with Crippen LogP contribution in [-0.2, 0) is 24.2 Å². The van der Waals surface area contributed by atoms with E-state index in [4.69, 9.17) is 4.98 Å². The molecule has 2 aliphatic rings. The number of hydrogen-bond donors (Lipinski definition) is 0. The Morgan fingerprint density at radius 1 is 1.12 bits per heavy atom. The second kappa shape index (κ2) is 7.03. The first-order chi connectivity index (χ1) is 11.8. The fourth-order valence-corrected chi connectivity index (χ4v) is 4.49. The number of benzene rings is 1. The van der Waals surface area contributed by atoms with Crippen molar-refractivity contribution in [3.63, 3.8) is 0 Å². The molecule has 0 bridgehead atoms. The highest BCUT2D eigenvalue weighted by Gasteiger charge is 2.24. The zero-order chi connectivity index (χ0) is 16.4. The maximum Gasteiger partial charge on any atom is 0.233 e. The lowest BCUT2D eigenvalue weighted by Crippen LogP contribution is -2.30. The third-order valence-corrected chi connectivity index (χ3v) is 5.81. The molecule has 1 aromatic carbocycles. The van der Waals surface area contributed by atoms with Crippen molar-refractivity contribution in [2.75, 3.05) is 24.5 Å². The summed E-state index contributed by atoms with van der Waals surface area (Å²) in [6.45, 7) is 4.09. The van der Waals surface area contributed by atoms with E-state index in [1.54, 1.807) is 11.3 Å². The second-order valence-corrected chi connectivity index (χ2v) is 7.61. The highest BCUT2D eigenvalue weighted by atomic mass is 32.1. The molecule has 0 N–H and O–H groups in total. The molecule has 0 radical (unpaired) electrons. The molecule has 1 aromatic heterocycles. The molecule has 5 heteroatoms. The minimum atomic E-state index is 0.162. The van der Waals surface area contributed by atoms with Crippen LogP contribution < -0.4 is 4.90 Å². The van der Waals surface area contributed by atoms with Gasteiger partial charge in [-0.05, 0) is 44.0 Å². The lowest BCUT2D eigenvalue weighted by atomic mass is 10.1. The van der Waals surface area contributed by atoms with Crippen molar-refractivity contribution in [2.45, 2.75) is 38.6 Å². The number of nitrogens with zero attached hydrogens (tertiary/aromatic N) is 3. The van der Waals surface area contributed by atoms with E-state index in [2.05, 4.69) is 16.3 Å². The van der Waals surface area contributed by atoms with Gasteiger partial charge in [0, 0.05) is 17.6 Å². The number of fused-ring (bicyclic) bond motifs is 1. The smallest absolute Gasteiger partial charge is 0.233 e. The van der Waals surface area contributed by atoms with Crippen LogP contribution in [0.2, 0.25) is 0 Å². The monoisotopic (exact) mass is 341 g/mol. The number of carbonyl (C=O) groups is 1. The summed E-state index contributed by atoms with van der Waals surface area (Å²) in [5.41, 5.74) is 3.27. The largest absolute Gasteiger partial charge is 0.311 e. The number of likely N-dealkylation sites (tertiary alicyclic amines) is 1. The molecule has 1 amide bonds. The topological polar surface area (TPSA) is 36.4 Å². The van der Waals surface area contributed by atoms with Crippen LogP contribution in [0.4, 0.5) is 5.69 Å². The molecule has 0 unspecified atom stereocenters. The van der Waals surface area contributed by atoms with E-state index in [0.717, 1.165) is 35.9 Å². The molecule has 0 atom stereocenters. The minimum Gasteiger partial charge on any atom is -0.311 e. The van der Waals surface area contributed by atoms with Crippen LogP contribution in [0.25, 0.3) is 0 Å². The SMILES string of the molecule is O=C(Cc1csc(CN2CCCCC2)n1)N1CCc2ccccc21. The summed E-state index contributed by atoms with van der Waals surface area (Å²) in [5, 5.41) is 3.20. The maximum absolute atomic E-state index is 12.7. The third kappa shape index (κ3) is 3.37. The summed E-state index contributed by atoms with van der Waals surface area (Å²) in [6, 6.07) is 8.20. The van der Waals surface area contributed by atoms with E-state index in [1.807, 2.05) is 23.1 Å². The third-order valence-electron chi connectivity index (χ3n) is 4.93. The molecule has 4 rings (SSSR count). The Bertz CT molecular complexity index is 721. The van der Waals surface area contributed by atoms with Crippen LogP contribution in [-0.4, -0.2) is 35.4 Å². The summed E-state index contributed by atoms with van der Waals surface area (Å²) in [4.78, 5) is 21.8. The quantitative estimate of drug-likeness (QED) is 0.856. The molecule has 2 aromatic rings. The van der Waals surface area contributed by atoms with E-state index in [-0.39, 0.29) is 5.91 Å². The zero-order valence-electron chi connectivity index (χ0n) is 13.9. The Labute approximate surface area is 147 Å².